The zero-order valence-electron chi connectivity index (χ0n) is 10.8. The van der Waals surface area contributed by atoms with E-state index < -0.39 is 0 Å². The van der Waals surface area contributed by atoms with Crippen molar-refractivity contribution in [2.75, 3.05) is 0 Å². The first-order valence-corrected chi connectivity index (χ1v) is 7.93. The first-order chi connectivity index (χ1) is 9.13. The molecule has 0 radical (unpaired) electrons. The van der Waals surface area contributed by atoms with E-state index in [4.69, 9.17) is 4.74 Å². The van der Waals surface area contributed by atoms with Gasteiger partial charge in [-0.05, 0) is 59.5 Å². The monoisotopic (exact) mass is 340 g/mol. The highest BCUT2D eigenvalue weighted by molar-refractivity contribution is 9.10. The van der Waals surface area contributed by atoms with Crippen LogP contribution >= 0.6 is 27.3 Å². The van der Waals surface area contributed by atoms with Crippen LogP contribution in [0, 0.1) is 0 Å². The number of benzene rings is 1. The molecular weight excluding hydrogens is 324 g/mol. The van der Waals surface area contributed by atoms with Crippen molar-refractivity contribution in [3.8, 4) is 5.75 Å². The number of hydrogen-bond acceptors (Lipinski definition) is 3. The van der Waals surface area contributed by atoms with Crippen LogP contribution in [-0.2, 0) is 13.0 Å². The Hall–Kier alpha value is -0.840. The Morgan fingerprint density at radius 3 is 2.63 bits per heavy atom. The lowest BCUT2D eigenvalue weighted by molar-refractivity contribution is 0.185. The van der Waals surface area contributed by atoms with Gasteiger partial charge < -0.3 is 9.84 Å². The third-order valence-electron chi connectivity index (χ3n) is 2.78. The topological polar surface area (TPSA) is 29.5 Å². The maximum atomic E-state index is 9.25. The molecule has 19 heavy (non-hydrogen) atoms. The van der Waals surface area contributed by atoms with Crippen molar-refractivity contribution in [3.05, 3.63) is 50.6 Å². The van der Waals surface area contributed by atoms with Gasteiger partial charge in [0, 0.05) is 14.7 Å². The SMILES string of the molecule is CC(O)CCc1ccc(OCc2cc(Br)cs2)cc1. The van der Waals surface area contributed by atoms with Gasteiger partial charge in [0.2, 0.25) is 0 Å². The first kappa shape index (κ1) is 14.6. The third kappa shape index (κ3) is 4.97. The second-order valence-electron chi connectivity index (χ2n) is 4.55. The molecule has 2 aromatic rings. The summed E-state index contributed by atoms with van der Waals surface area (Å²) in [5.41, 5.74) is 1.23. The molecule has 1 N–H and O–H groups in total. The highest BCUT2D eigenvalue weighted by Gasteiger charge is 2.01. The lowest BCUT2D eigenvalue weighted by Gasteiger charge is -2.07. The smallest absolute Gasteiger partial charge is 0.122 e. The van der Waals surface area contributed by atoms with E-state index in [1.807, 2.05) is 19.1 Å². The summed E-state index contributed by atoms with van der Waals surface area (Å²) < 4.78 is 6.83. The van der Waals surface area contributed by atoms with E-state index in [9.17, 15) is 5.11 Å². The minimum atomic E-state index is -0.242. The van der Waals surface area contributed by atoms with Crippen LogP contribution in [0.3, 0.4) is 0 Å². The number of halogens is 1. The van der Waals surface area contributed by atoms with Gasteiger partial charge >= 0.3 is 0 Å². The van der Waals surface area contributed by atoms with Crippen molar-refractivity contribution in [1.29, 1.82) is 0 Å². The fourth-order valence-electron chi connectivity index (χ4n) is 1.71. The van der Waals surface area contributed by atoms with Crippen LogP contribution in [0.2, 0.25) is 0 Å². The van der Waals surface area contributed by atoms with Gasteiger partial charge in [0.1, 0.15) is 12.4 Å². The quantitative estimate of drug-likeness (QED) is 0.844. The molecule has 0 fully saturated rings. The molecule has 2 nitrogen and oxygen atoms in total. The molecular formula is C15H17BrO2S. The number of aryl methyl sites for hydroxylation is 1. The van der Waals surface area contributed by atoms with Crippen LogP contribution < -0.4 is 4.74 Å². The Kier molecular flexibility index (Phi) is 5.43. The predicted molar refractivity (Wildman–Crippen MR) is 82.8 cm³/mol. The molecule has 1 aromatic carbocycles. The van der Waals surface area contributed by atoms with E-state index in [0.29, 0.717) is 6.61 Å². The van der Waals surface area contributed by atoms with E-state index in [-0.39, 0.29) is 6.10 Å². The largest absolute Gasteiger partial charge is 0.488 e. The van der Waals surface area contributed by atoms with Gasteiger partial charge in [0.05, 0.1) is 6.10 Å². The summed E-state index contributed by atoms with van der Waals surface area (Å²) in [6.45, 7) is 2.42. The Labute approximate surface area is 126 Å². The van der Waals surface area contributed by atoms with Crippen molar-refractivity contribution in [2.24, 2.45) is 0 Å². The second kappa shape index (κ2) is 7.08. The molecule has 1 heterocycles. The molecule has 0 aliphatic heterocycles. The van der Waals surface area contributed by atoms with E-state index >= 15 is 0 Å². The molecule has 4 heteroatoms. The summed E-state index contributed by atoms with van der Waals surface area (Å²) in [5.74, 6) is 0.880. The number of rotatable bonds is 6. The highest BCUT2D eigenvalue weighted by Crippen LogP contribution is 2.22. The van der Waals surface area contributed by atoms with Crippen LogP contribution in [0.5, 0.6) is 5.75 Å². The Morgan fingerprint density at radius 1 is 1.32 bits per heavy atom. The maximum Gasteiger partial charge on any atom is 0.122 e. The average molecular weight is 341 g/mol. The van der Waals surface area contributed by atoms with E-state index in [0.717, 1.165) is 23.1 Å². The molecule has 0 saturated heterocycles. The number of thiophene rings is 1. The molecule has 0 bridgehead atoms. The lowest BCUT2D eigenvalue weighted by atomic mass is 10.1. The second-order valence-corrected chi connectivity index (χ2v) is 6.46. The molecule has 0 aliphatic carbocycles. The third-order valence-corrected chi connectivity index (χ3v) is 4.45. The van der Waals surface area contributed by atoms with Crippen molar-refractivity contribution < 1.29 is 9.84 Å². The summed E-state index contributed by atoms with van der Waals surface area (Å²) in [6.07, 6.45) is 1.45. The van der Waals surface area contributed by atoms with Gasteiger partial charge in [-0.2, -0.15) is 0 Å². The molecule has 2 rings (SSSR count). The summed E-state index contributed by atoms with van der Waals surface area (Å²) in [5, 5.41) is 11.3. The van der Waals surface area contributed by atoms with Crippen LogP contribution in [-0.4, -0.2) is 11.2 Å². The fourth-order valence-corrected chi connectivity index (χ4v) is 3.07. The van der Waals surface area contributed by atoms with Crippen LogP contribution in [0.1, 0.15) is 23.8 Å². The Balaban J connectivity index is 1.84. The van der Waals surface area contributed by atoms with Gasteiger partial charge in [0.15, 0.2) is 0 Å². The molecule has 102 valence electrons. The maximum absolute atomic E-state index is 9.25. The molecule has 1 unspecified atom stereocenters. The standard InChI is InChI=1S/C15H17BrO2S/c1-11(17)2-3-12-4-6-14(7-5-12)18-9-15-8-13(16)10-19-15/h4-8,10-11,17H,2-3,9H2,1H3. The Bertz CT molecular complexity index is 505. The summed E-state index contributed by atoms with van der Waals surface area (Å²) in [6, 6.07) is 10.2. The molecule has 0 amide bonds. The Morgan fingerprint density at radius 2 is 2.05 bits per heavy atom. The van der Waals surface area contributed by atoms with Crippen molar-refractivity contribution in [3.63, 3.8) is 0 Å². The van der Waals surface area contributed by atoms with Crippen LogP contribution in [0.15, 0.2) is 40.2 Å². The van der Waals surface area contributed by atoms with Gasteiger partial charge in [0.25, 0.3) is 0 Å². The van der Waals surface area contributed by atoms with Gasteiger partial charge in [-0.15, -0.1) is 11.3 Å². The van der Waals surface area contributed by atoms with Crippen molar-refractivity contribution >= 4 is 27.3 Å². The minimum Gasteiger partial charge on any atom is -0.488 e. The number of aliphatic hydroxyl groups is 1. The summed E-state index contributed by atoms with van der Waals surface area (Å²) >= 11 is 5.11. The average Bonchev–Trinajstić information content (AvgIpc) is 2.81. The zero-order valence-corrected chi connectivity index (χ0v) is 13.2. The number of aliphatic hydroxyl groups excluding tert-OH is 1. The predicted octanol–water partition coefficient (Wildman–Crippen LogP) is 4.40. The van der Waals surface area contributed by atoms with E-state index in [1.54, 1.807) is 11.3 Å². The van der Waals surface area contributed by atoms with Crippen LogP contribution in [0.25, 0.3) is 0 Å². The fraction of sp³-hybridized carbons (Fsp3) is 0.333. The summed E-state index contributed by atoms with van der Waals surface area (Å²) in [7, 11) is 0. The number of hydrogen-bond donors (Lipinski definition) is 1. The molecule has 0 spiro atoms. The van der Waals surface area contributed by atoms with E-state index in [1.165, 1.54) is 10.4 Å². The normalized spacial score (nSPS) is 12.4. The first-order valence-electron chi connectivity index (χ1n) is 6.26. The van der Waals surface area contributed by atoms with Gasteiger partial charge in [-0.25, -0.2) is 0 Å². The van der Waals surface area contributed by atoms with Gasteiger partial charge in [-0.3, -0.25) is 0 Å². The molecule has 0 saturated carbocycles. The van der Waals surface area contributed by atoms with Gasteiger partial charge in [-0.1, -0.05) is 12.1 Å². The highest BCUT2D eigenvalue weighted by atomic mass is 79.9. The van der Waals surface area contributed by atoms with Crippen molar-refractivity contribution in [2.45, 2.75) is 32.5 Å². The molecule has 1 aromatic heterocycles. The zero-order chi connectivity index (χ0) is 13.7. The number of ether oxygens (including phenoxy) is 1. The molecule has 1 atom stereocenters. The summed E-state index contributed by atoms with van der Waals surface area (Å²) in [4.78, 5) is 1.20. The van der Waals surface area contributed by atoms with E-state index in [2.05, 4.69) is 39.5 Å². The van der Waals surface area contributed by atoms with Crippen molar-refractivity contribution in [1.82, 2.24) is 0 Å². The lowest BCUT2D eigenvalue weighted by Crippen LogP contribution is -2.01. The molecule has 0 aliphatic rings. The van der Waals surface area contributed by atoms with Crippen LogP contribution in [0.4, 0.5) is 0 Å². The minimum absolute atomic E-state index is 0.242.